The first-order chi connectivity index (χ1) is 17.5. The molecular weight excluding hydrogens is 524 g/mol. The number of ether oxygens (including phenoxy) is 1. The van der Waals surface area contributed by atoms with Gasteiger partial charge in [0, 0.05) is 49.5 Å². The summed E-state index contributed by atoms with van der Waals surface area (Å²) in [5.41, 5.74) is 1.96. The second-order valence-electron chi connectivity index (χ2n) is 9.24. The van der Waals surface area contributed by atoms with Crippen LogP contribution >= 0.6 is 15.9 Å². The number of likely N-dealkylation sites (tertiary alicyclic amines) is 1. The number of hydrogen-bond donors (Lipinski definition) is 2. The van der Waals surface area contributed by atoms with E-state index in [0.29, 0.717) is 32.7 Å². The van der Waals surface area contributed by atoms with Crippen LogP contribution in [0.4, 0.5) is 0 Å². The molecule has 0 unspecified atom stereocenters. The number of rotatable bonds is 10. The molecule has 9 heteroatoms. The lowest BCUT2D eigenvalue weighted by Gasteiger charge is -2.27. The van der Waals surface area contributed by atoms with E-state index in [1.807, 2.05) is 54.6 Å². The van der Waals surface area contributed by atoms with Crippen LogP contribution in [0.5, 0.6) is 0 Å². The highest BCUT2D eigenvalue weighted by Gasteiger charge is 2.41. The van der Waals surface area contributed by atoms with E-state index >= 15 is 0 Å². The molecule has 3 amide bonds. The van der Waals surface area contributed by atoms with Crippen molar-refractivity contribution in [3.8, 4) is 0 Å². The zero-order valence-corrected chi connectivity index (χ0v) is 21.9. The fourth-order valence-corrected chi connectivity index (χ4v) is 4.99. The Bertz CT molecular complexity index is 1030. The smallest absolute Gasteiger partial charge is 0.239 e. The summed E-state index contributed by atoms with van der Waals surface area (Å²) in [6.45, 7) is 4.83. The van der Waals surface area contributed by atoms with Crippen LogP contribution in [0.2, 0.25) is 0 Å². The van der Waals surface area contributed by atoms with Gasteiger partial charge in [0.2, 0.25) is 17.7 Å². The molecule has 2 aromatic rings. The van der Waals surface area contributed by atoms with Crippen molar-refractivity contribution < 1.29 is 19.1 Å². The molecule has 0 radical (unpaired) electrons. The Hall–Kier alpha value is -2.75. The van der Waals surface area contributed by atoms with Gasteiger partial charge in [-0.2, -0.15) is 0 Å². The van der Waals surface area contributed by atoms with Crippen LogP contribution in [-0.2, 0) is 25.7 Å². The molecule has 36 heavy (non-hydrogen) atoms. The first kappa shape index (κ1) is 26.3. The van der Waals surface area contributed by atoms with E-state index < -0.39 is 5.92 Å². The van der Waals surface area contributed by atoms with Gasteiger partial charge < -0.3 is 20.3 Å². The van der Waals surface area contributed by atoms with E-state index in [1.165, 1.54) is 0 Å². The van der Waals surface area contributed by atoms with Gasteiger partial charge in [-0.25, -0.2) is 0 Å². The van der Waals surface area contributed by atoms with Gasteiger partial charge >= 0.3 is 0 Å². The third-order valence-corrected chi connectivity index (χ3v) is 7.23. The van der Waals surface area contributed by atoms with E-state index in [0.717, 1.165) is 35.2 Å². The van der Waals surface area contributed by atoms with Gasteiger partial charge in [0.1, 0.15) is 6.54 Å². The lowest BCUT2D eigenvalue weighted by Crippen LogP contribution is -2.44. The van der Waals surface area contributed by atoms with Gasteiger partial charge in [-0.1, -0.05) is 58.4 Å². The average molecular weight is 557 g/mol. The molecule has 2 aliphatic heterocycles. The number of carbonyl (C=O) groups is 3. The second-order valence-corrected chi connectivity index (χ2v) is 10.2. The second kappa shape index (κ2) is 13.0. The van der Waals surface area contributed by atoms with Crippen molar-refractivity contribution in [2.45, 2.75) is 25.4 Å². The third kappa shape index (κ3) is 7.38. The normalized spacial score (nSPS) is 20.4. The molecule has 4 rings (SSSR count). The Balaban J connectivity index is 1.35. The van der Waals surface area contributed by atoms with Crippen molar-refractivity contribution in [2.75, 3.05) is 45.9 Å². The van der Waals surface area contributed by atoms with Crippen LogP contribution in [-0.4, -0.2) is 73.5 Å². The summed E-state index contributed by atoms with van der Waals surface area (Å²) >= 11 is 3.45. The third-order valence-electron chi connectivity index (χ3n) is 6.70. The van der Waals surface area contributed by atoms with Gasteiger partial charge in [-0.05, 0) is 29.7 Å². The predicted octanol–water partition coefficient (Wildman–Crippen LogP) is 2.49. The number of nitrogens with one attached hydrogen (secondary N) is 2. The van der Waals surface area contributed by atoms with E-state index in [4.69, 9.17) is 4.74 Å². The van der Waals surface area contributed by atoms with E-state index in [1.54, 1.807) is 4.90 Å². The summed E-state index contributed by atoms with van der Waals surface area (Å²) in [7, 11) is 0. The Morgan fingerprint density at radius 2 is 1.69 bits per heavy atom. The Labute approximate surface area is 220 Å². The van der Waals surface area contributed by atoms with Crippen LogP contribution in [0.25, 0.3) is 0 Å². The summed E-state index contributed by atoms with van der Waals surface area (Å²) in [4.78, 5) is 42.6. The van der Waals surface area contributed by atoms with Crippen molar-refractivity contribution in [1.82, 2.24) is 20.4 Å². The molecule has 2 N–H and O–H groups in total. The molecule has 2 heterocycles. The zero-order chi connectivity index (χ0) is 25.3. The van der Waals surface area contributed by atoms with Crippen LogP contribution in [0, 0.1) is 5.92 Å². The quantitative estimate of drug-likeness (QED) is 0.469. The number of benzene rings is 2. The predicted molar refractivity (Wildman–Crippen MR) is 140 cm³/mol. The van der Waals surface area contributed by atoms with Crippen molar-refractivity contribution in [1.29, 1.82) is 0 Å². The number of halogens is 1. The van der Waals surface area contributed by atoms with Gasteiger partial charge in [0.05, 0.1) is 19.3 Å². The Morgan fingerprint density at radius 3 is 2.42 bits per heavy atom. The first-order valence-electron chi connectivity index (χ1n) is 12.4. The SMILES string of the molecule is O=C(C[C@H]1C[C@H](c2ccc(Br)cc2)N(CC(=O)NCCN2CCOCC2)C1=O)NCc1ccccc1. The molecular formula is C27H33BrN4O4. The highest BCUT2D eigenvalue weighted by molar-refractivity contribution is 9.10. The summed E-state index contributed by atoms with van der Waals surface area (Å²) in [6.07, 6.45) is 0.605. The minimum atomic E-state index is -0.462. The van der Waals surface area contributed by atoms with Crippen molar-refractivity contribution >= 4 is 33.7 Å². The first-order valence-corrected chi connectivity index (χ1v) is 13.2. The lowest BCUT2D eigenvalue weighted by atomic mass is 9.97. The van der Waals surface area contributed by atoms with Crippen LogP contribution in [0.15, 0.2) is 59.1 Å². The van der Waals surface area contributed by atoms with Gasteiger partial charge in [-0.3, -0.25) is 19.3 Å². The maximum Gasteiger partial charge on any atom is 0.239 e. The maximum absolute atomic E-state index is 13.4. The van der Waals surface area contributed by atoms with E-state index in [2.05, 4.69) is 31.5 Å². The molecule has 2 atom stereocenters. The molecule has 2 saturated heterocycles. The number of carbonyl (C=O) groups excluding carboxylic acids is 3. The summed E-state index contributed by atoms with van der Waals surface area (Å²) in [6, 6.07) is 17.2. The molecule has 0 aliphatic carbocycles. The highest BCUT2D eigenvalue weighted by atomic mass is 79.9. The summed E-state index contributed by atoms with van der Waals surface area (Å²) in [5, 5.41) is 5.86. The molecule has 192 valence electrons. The topological polar surface area (TPSA) is 91.0 Å². The molecule has 2 fully saturated rings. The van der Waals surface area contributed by atoms with E-state index in [-0.39, 0.29) is 36.7 Å². The maximum atomic E-state index is 13.4. The number of hydrogen-bond acceptors (Lipinski definition) is 5. The fourth-order valence-electron chi connectivity index (χ4n) is 4.73. The van der Waals surface area contributed by atoms with Crippen molar-refractivity contribution in [3.63, 3.8) is 0 Å². The largest absolute Gasteiger partial charge is 0.379 e. The summed E-state index contributed by atoms with van der Waals surface area (Å²) < 4.78 is 6.30. The van der Waals surface area contributed by atoms with Crippen LogP contribution in [0.3, 0.4) is 0 Å². The lowest BCUT2D eigenvalue weighted by molar-refractivity contribution is -0.138. The fraction of sp³-hybridized carbons (Fsp3) is 0.444. The molecule has 2 aliphatic rings. The van der Waals surface area contributed by atoms with Gasteiger partial charge in [-0.15, -0.1) is 0 Å². The average Bonchev–Trinajstić information content (AvgIpc) is 3.19. The van der Waals surface area contributed by atoms with Crippen molar-refractivity contribution in [2.24, 2.45) is 5.92 Å². The number of morpholine rings is 1. The minimum absolute atomic E-state index is 0.0230. The highest BCUT2D eigenvalue weighted by Crippen LogP contribution is 2.38. The Kier molecular flexibility index (Phi) is 9.49. The van der Waals surface area contributed by atoms with Crippen LogP contribution < -0.4 is 10.6 Å². The van der Waals surface area contributed by atoms with E-state index in [9.17, 15) is 14.4 Å². The molecule has 0 spiro atoms. The van der Waals surface area contributed by atoms with Gasteiger partial charge in [0.25, 0.3) is 0 Å². The molecule has 2 aromatic carbocycles. The zero-order valence-electron chi connectivity index (χ0n) is 20.3. The Morgan fingerprint density at radius 1 is 0.972 bits per heavy atom. The number of nitrogens with zero attached hydrogens (tertiary/aromatic N) is 2. The monoisotopic (exact) mass is 556 g/mol. The standard InChI is InChI=1S/C27H33BrN4O4/c28-23-8-6-21(7-9-23)24-16-22(17-25(33)30-18-20-4-2-1-3-5-20)27(35)32(24)19-26(34)29-10-11-31-12-14-36-15-13-31/h1-9,22,24H,10-19H2,(H,29,34)(H,30,33)/t22-,24-/m1/s1. The number of amides is 3. The molecule has 0 aromatic heterocycles. The summed E-state index contributed by atoms with van der Waals surface area (Å²) in [5.74, 6) is -0.965. The van der Waals surface area contributed by atoms with Gasteiger partial charge in [0.15, 0.2) is 0 Å². The molecule has 0 bridgehead atoms. The molecule has 0 saturated carbocycles. The van der Waals surface area contributed by atoms with Crippen molar-refractivity contribution in [3.05, 3.63) is 70.2 Å². The molecule has 8 nitrogen and oxygen atoms in total. The van der Waals surface area contributed by atoms with Crippen LogP contribution in [0.1, 0.15) is 30.0 Å². The minimum Gasteiger partial charge on any atom is -0.379 e.